The molecule has 1 aliphatic carbocycles. The van der Waals surface area contributed by atoms with Crippen molar-refractivity contribution >= 4 is 0 Å². The molecule has 0 N–H and O–H groups in total. The molecule has 0 bridgehead atoms. The summed E-state index contributed by atoms with van der Waals surface area (Å²) in [6, 6.07) is 0. The third-order valence-corrected chi connectivity index (χ3v) is 6.19. The maximum Gasteiger partial charge on any atom is 0.167 e. The van der Waals surface area contributed by atoms with E-state index in [9.17, 15) is 0 Å². The minimum absolute atomic E-state index is 0.350. The summed E-state index contributed by atoms with van der Waals surface area (Å²) >= 11 is 0. The molecule has 24 heavy (non-hydrogen) atoms. The Balaban J connectivity index is 1.58. The van der Waals surface area contributed by atoms with Crippen molar-refractivity contribution in [2.75, 3.05) is 14.2 Å². The fourth-order valence-corrected chi connectivity index (χ4v) is 4.38. The molecule has 142 valence electrons. The first-order valence-corrected chi connectivity index (χ1v) is 10.5. The Morgan fingerprint density at radius 2 is 1.50 bits per heavy atom. The van der Waals surface area contributed by atoms with Crippen molar-refractivity contribution in [1.82, 2.24) is 0 Å². The lowest BCUT2D eigenvalue weighted by Crippen LogP contribution is -2.34. The number of unbranched alkanes of at least 4 members (excludes halogenated alkanes) is 6. The highest BCUT2D eigenvalue weighted by Crippen LogP contribution is 2.41. The van der Waals surface area contributed by atoms with Crippen LogP contribution in [0.1, 0.15) is 96.8 Å². The molecule has 3 heteroatoms. The van der Waals surface area contributed by atoms with E-state index in [1.807, 2.05) is 14.2 Å². The standard InChI is InChI=1S/C21H40O3/c1-4-5-6-7-8-9-10-15-21(22-2,23-3)16-11-12-18-13-14-19-20(17-18)24-19/h18-20H,4-17H2,1-3H3. The van der Waals surface area contributed by atoms with Crippen LogP contribution in [0, 0.1) is 5.92 Å². The zero-order chi connectivity index (χ0) is 17.3. The summed E-state index contributed by atoms with van der Waals surface area (Å²) in [5, 5.41) is 0. The number of epoxide rings is 1. The highest BCUT2D eigenvalue weighted by atomic mass is 16.7. The van der Waals surface area contributed by atoms with Crippen LogP contribution in [0.5, 0.6) is 0 Å². The Labute approximate surface area is 149 Å². The molecule has 3 nitrogen and oxygen atoms in total. The van der Waals surface area contributed by atoms with Crippen LogP contribution in [0.3, 0.4) is 0 Å². The van der Waals surface area contributed by atoms with Gasteiger partial charge in [-0.2, -0.15) is 0 Å². The van der Waals surface area contributed by atoms with Crippen molar-refractivity contribution in [2.45, 2.75) is 115 Å². The Morgan fingerprint density at radius 3 is 2.17 bits per heavy atom. The predicted octanol–water partition coefficient (Wildman–Crippen LogP) is 5.85. The first-order chi connectivity index (χ1) is 11.7. The van der Waals surface area contributed by atoms with E-state index in [0.29, 0.717) is 12.2 Å². The number of ether oxygens (including phenoxy) is 3. The minimum Gasteiger partial charge on any atom is -0.370 e. The van der Waals surface area contributed by atoms with Gasteiger partial charge in [-0.1, -0.05) is 51.9 Å². The van der Waals surface area contributed by atoms with Crippen LogP contribution in [0.25, 0.3) is 0 Å². The Bertz CT molecular complexity index is 327. The molecule has 2 rings (SSSR count). The summed E-state index contributed by atoms with van der Waals surface area (Å²) in [5.74, 6) is 0.509. The lowest BCUT2D eigenvalue weighted by Gasteiger charge is -2.32. The van der Waals surface area contributed by atoms with Gasteiger partial charge in [0.25, 0.3) is 0 Å². The van der Waals surface area contributed by atoms with E-state index in [2.05, 4.69) is 6.92 Å². The number of hydrogen-bond acceptors (Lipinski definition) is 3. The van der Waals surface area contributed by atoms with E-state index in [0.717, 1.165) is 18.8 Å². The highest BCUT2D eigenvalue weighted by Gasteiger charge is 2.43. The molecular formula is C21H40O3. The topological polar surface area (TPSA) is 31.0 Å². The average molecular weight is 341 g/mol. The van der Waals surface area contributed by atoms with Gasteiger partial charge in [0.15, 0.2) is 5.79 Å². The van der Waals surface area contributed by atoms with Gasteiger partial charge < -0.3 is 14.2 Å². The van der Waals surface area contributed by atoms with Crippen molar-refractivity contribution in [2.24, 2.45) is 5.92 Å². The second-order valence-corrected chi connectivity index (χ2v) is 7.97. The molecule has 0 amide bonds. The van der Waals surface area contributed by atoms with Crippen molar-refractivity contribution in [3.05, 3.63) is 0 Å². The largest absolute Gasteiger partial charge is 0.370 e. The molecule has 0 radical (unpaired) electrons. The quantitative estimate of drug-likeness (QED) is 0.226. The van der Waals surface area contributed by atoms with E-state index in [1.165, 1.54) is 77.0 Å². The Kier molecular flexibility index (Phi) is 9.07. The number of fused-ring (bicyclic) bond motifs is 1. The van der Waals surface area contributed by atoms with Gasteiger partial charge >= 0.3 is 0 Å². The van der Waals surface area contributed by atoms with Crippen LogP contribution >= 0.6 is 0 Å². The average Bonchev–Trinajstić information content (AvgIpc) is 3.38. The molecule has 0 aromatic heterocycles. The maximum absolute atomic E-state index is 5.80. The SMILES string of the molecule is CCCCCCCCCC(CCCC1CCC2OC2C1)(OC)OC. The van der Waals surface area contributed by atoms with Crippen LogP contribution in [-0.2, 0) is 14.2 Å². The van der Waals surface area contributed by atoms with Crippen LogP contribution in [0.15, 0.2) is 0 Å². The summed E-state index contributed by atoms with van der Waals surface area (Å²) in [4.78, 5) is 0. The number of rotatable bonds is 14. The molecule has 3 atom stereocenters. The van der Waals surface area contributed by atoms with Crippen molar-refractivity contribution in [1.29, 1.82) is 0 Å². The Hall–Kier alpha value is -0.120. The van der Waals surface area contributed by atoms with Gasteiger partial charge in [0.2, 0.25) is 0 Å². The summed E-state index contributed by atoms with van der Waals surface area (Å²) < 4.78 is 17.3. The molecule has 1 saturated carbocycles. The lowest BCUT2D eigenvalue weighted by atomic mass is 9.85. The number of methoxy groups -OCH3 is 2. The van der Waals surface area contributed by atoms with E-state index < -0.39 is 0 Å². The van der Waals surface area contributed by atoms with Gasteiger partial charge in [-0.15, -0.1) is 0 Å². The zero-order valence-electron chi connectivity index (χ0n) is 16.4. The first kappa shape index (κ1) is 20.2. The van der Waals surface area contributed by atoms with Crippen molar-refractivity contribution in [3.8, 4) is 0 Å². The molecule has 1 aliphatic heterocycles. The van der Waals surface area contributed by atoms with Crippen LogP contribution < -0.4 is 0 Å². The summed E-state index contributed by atoms with van der Waals surface area (Å²) in [6.07, 6.45) is 19.1. The lowest BCUT2D eigenvalue weighted by molar-refractivity contribution is -0.216. The molecule has 0 aromatic carbocycles. The van der Waals surface area contributed by atoms with E-state index in [4.69, 9.17) is 14.2 Å². The van der Waals surface area contributed by atoms with Crippen molar-refractivity contribution < 1.29 is 14.2 Å². The third kappa shape index (κ3) is 6.65. The second-order valence-electron chi connectivity index (χ2n) is 7.97. The molecule has 1 heterocycles. The summed E-state index contributed by atoms with van der Waals surface area (Å²) in [5.41, 5.74) is 0. The normalized spacial score (nSPS) is 26.4. The van der Waals surface area contributed by atoms with Crippen LogP contribution in [0.4, 0.5) is 0 Å². The van der Waals surface area contributed by atoms with Gasteiger partial charge in [0, 0.05) is 27.1 Å². The maximum atomic E-state index is 5.80. The monoisotopic (exact) mass is 340 g/mol. The molecule has 0 spiro atoms. The van der Waals surface area contributed by atoms with Crippen molar-refractivity contribution in [3.63, 3.8) is 0 Å². The third-order valence-electron chi connectivity index (χ3n) is 6.19. The van der Waals surface area contributed by atoms with Crippen LogP contribution in [-0.4, -0.2) is 32.2 Å². The van der Waals surface area contributed by atoms with Gasteiger partial charge in [0.1, 0.15) is 0 Å². The van der Waals surface area contributed by atoms with Crippen LogP contribution in [0.2, 0.25) is 0 Å². The molecular weight excluding hydrogens is 300 g/mol. The van der Waals surface area contributed by atoms with Gasteiger partial charge in [-0.05, 0) is 38.0 Å². The fraction of sp³-hybridized carbons (Fsp3) is 1.00. The predicted molar refractivity (Wildman–Crippen MR) is 99.2 cm³/mol. The Morgan fingerprint density at radius 1 is 0.833 bits per heavy atom. The minimum atomic E-state index is -0.350. The van der Waals surface area contributed by atoms with E-state index in [-0.39, 0.29) is 5.79 Å². The first-order valence-electron chi connectivity index (χ1n) is 10.5. The second kappa shape index (κ2) is 10.8. The molecule has 0 aromatic rings. The van der Waals surface area contributed by atoms with Gasteiger partial charge in [-0.25, -0.2) is 0 Å². The zero-order valence-corrected chi connectivity index (χ0v) is 16.4. The van der Waals surface area contributed by atoms with E-state index >= 15 is 0 Å². The smallest absolute Gasteiger partial charge is 0.167 e. The fourth-order valence-electron chi connectivity index (χ4n) is 4.38. The summed E-state index contributed by atoms with van der Waals surface area (Å²) in [6.45, 7) is 2.27. The molecule has 3 unspecified atom stereocenters. The van der Waals surface area contributed by atoms with E-state index in [1.54, 1.807) is 0 Å². The highest BCUT2D eigenvalue weighted by molar-refractivity contribution is 4.91. The van der Waals surface area contributed by atoms with Gasteiger partial charge in [0.05, 0.1) is 12.2 Å². The molecule has 1 saturated heterocycles. The molecule has 2 aliphatic rings. The molecule has 2 fully saturated rings. The van der Waals surface area contributed by atoms with Gasteiger partial charge in [-0.3, -0.25) is 0 Å². The number of hydrogen-bond donors (Lipinski definition) is 0. The summed E-state index contributed by atoms with van der Waals surface area (Å²) in [7, 11) is 3.63.